The van der Waals surface area contributed by atoms with Gasteiger partial charge in [0.05, 0.1) is 12.2 Å². The van der Waals surface area contributed by atoms with Crippen LogP contribution in [-0.2, 0) is 4.74 Å². The summed E-state index contributed by atoms with van der Waals surface area (Å²) >= 11 is 0. The van der Waals surface area contributed by atoms with E-state index in [1.165, 1.54) is 12.1 Å². The summed E-state index contributed by atoms with van der Waals surface area (Å²) in [5.41, 5.74) is 7.13. The van der Waals surface area contributed by atoms with Crippen molar-refractivity contribution in [1.29, 1.82) is 0 Å². The minimum absolute atomic E-state index is 0.135. The molecule has 0 bridgehead atoms. The fraction of sp³-hybridized carbons (Fsp3) is 0.647. The van der Waals surface area contributed by atoms with Crippen molar-refractivity contribution in [2.45, 2.75) is 44.8 Å². The number of rotatable bonds is 6. The topological polar surface area (TPSA) is 47.7 Å². The molecule has 0 aliphatic carbocycles. The van der Waals surface area contributed by atoms with Gasteiger partial charge in [-0.15, -0.1) is 0 Å². The van der Waals surface area contributed by atoms with Gasteiger partial charge in [-0.25, -0.2) is 0 Å². The van der Waals surface area contributed by atoms with Gasteiger partial charge in [-0.05, 0) is 51.0 Å². The molecule has 0 aromatic heterocycles. The van der Waals surface area contributed by atoms with Crippen molar-refractivity contribution >= 4 is 5.69 Å². The molecular formula is C17H28N2O2. The Hall–Kier alpha value is -1.26. The highest BCUT2D eigenvalue weighted by Crippen LogP contribution is 2.23. The lowest BCUT2D eigenvalue weighted by atomic mass is 10.1. The summed E-state index contributed by atoms with van der Waals surface area (Å²) in [6, 6.07) is 8.61. The molecule has 21 heavy (non-hydrogen) atoms. The normalized spacial score (nSPS) is 19.6. The average molecular weight is 292 g/mol. The van der Waals surface area contributed by atoms with E-state index >= 15 is 0 Å². The van der Waals surface area contributed by atoms with Crippen molar-refractivity contribution < 1.29 is 9.47 Å². The zero-order chi connectivity index (χ0) is 15.3. The summed E-state index contributed by atoms with van der Waals surface area (Å²) in [4.78, 5) is 2.35. The first kappa shape index (κ1) is 16.1. The Balaban J connectivity index is 1.84. The van der Waals surface area contributed by atoms with Gasteiger partial charge >= 0.3 is 0 Å². The van der Waals surface area contributed by atoms with Gasteiger partial charge in [0.1, 0.15) is 5.75 Å². The van der Waals surface area contributed by atoms with E-state index in [4.69, 9.17) is 15.2 Å². The second-order valence-electron chi connectivity index (χ2n) is 6.40. The van der Waals surface area contributed by atoms with Crippen molar-refractivity contribution in [3.63, 3.8) is 0 Å². The third-order valence-electron chi connectivity index (χ3n) is 4.19. The highest BCUT2D eigenvalue weighted by atomic mass is 16.5. The second kappa shape index (κ2) is 7.14. The Kier molecular flexibility index (Phi) is 5.48. The summed E-state index contributed by atoms with van der Waals surface area (Å²) in [5.74, 6) is 0.909. The lowest BCUT2D eigenvalue weighted by Crippen LogP contribution is -2.42. The Morgan fingerprint density at radius 2 is 2.00 bits per heavy atom. The predicted molar refractivity (Wildman–Crippen MR) is 87.1 cm³/mol. The van der Waals surface area contributed by atoms with Crippen molar-refractivity contribution in [1.82, 2.24) is 0 Å². The van der Waals surface area contributed by atoms with E-state index in [0.29, 0.717) is 12.6 Å². The Morgan fingerprint density at radius 3 is 2.62 bits per heavy atom. The number of hydrogen-bond donors (Lipinski definition) is 1. The average Bonchev–Trinajstić information content (AvgIpc) is 2.48. The highest BCUT2D eigenvalue weighted by Gasteiger charge is 2.17. The molecule has 0 spiro atoms. The maximum absolute atomic E-state index is 6.03. The summed E-state index contributed by atoms with van der Waals surface area (Å²) in [5, 5.41) is 0. The van der Waals surface area contributed by atoms with Crippen molar-refractivity contribution in [3.05, 3.63) is 24.3 Å². The largest absolute Gasteiger partial charge is 0.493 e. The second-order valence-corrected chi connectivity index (χ2v) is 6.40. The van der Waals surface area contributed by atoms with Crippen molar-refractivity contribution in [2.75, 3.05) is 31.7 Å². The number of nitrogens with two attached hydrogens (primary N) is 1. The van der Waals surface area contributed by atoms with Crippen LogP contribution in [0.25, 0.3) is 0 Å². The van der Waals surface area contributed by atoms with Crippen LogP contribution >= 0.6 is 0 Å². The molecule has 1 aromatic rings. The molecule has 1 heterocycles. The van der Waals surface area contributed by atoms with Crippen molar-refractivity contribution in [2.24, 2.45) is 5.73 Å². The van der Waals surface area contributed by atoms with Gasteiger partial charge in [-0.2, -0.15) is 0 Å². The number of piperidine rings is 1. The lowest BCUT2D eigenvalue weighted by Gasteiger charge is -2.32. The van der Waals surface area contributed by atoms with Gasteiger partial charge in [0.15, 0.2) is 0 Å². The lowest BCUT2D eigenvalue weighted by molar-refractivity contribution is 0.00546. The van der Waals surface area contributed by atoms with E-state index in [0.717, 1.165) is 31.7 Å². The van der Waals surface area contributed by atoms with Gasteiger partial charge in [-0.3, -0.25) is 0 Å². The molecule has 2 N–H and O–H groups in total. The molecule has 1 aliphatic rings. The maximum atomic E-state index is 6.03. The van der Waals surface area contributed by atoms with Gasteiger partial charge < -0.3 is 20.1 Å². The molecular weight excluding hydrogens is 264 g/mol. The van der Waals surface area contributed by atoms with Crippen LogP contribution in [0.2, 0.25) is 0 Å². The first-order valence-corrected chi connectivity index (χ1v) is 7.79. The van der Waals surface area contributed by atoms with Gasteiger partial charge in [-0.1, -0.05) is 0 Å². The molecule has 1 aliphatic heterocycles. The molecule has 118 valence electrons. The van der Waals surface area contributed by atoms with Crippen LogP contribution in [-0.4, -0.2) is 38.4 Å². The van der Waals surface area contributed by atoms with Crippen LogP contribution in [0.4, 0.5) is 5.69 Å². The fourth-order valence-corrected chi connectivity index (χ4v) is 2.51. The number of anilines is 1. The third kappa shape index (κ3) is 4.90. The number of benzene rings is 1. The predicted octanol–water partition coefficient (Wildman–Crippen LogP) is 2.81. The Labute approximate surface area is 128 Å². The van der Waals surface area contributed by atoms with Gasteiger partial charge in [0.2, 0.25) is 0 Å². The molecule has 1 unspecified atom stereocenters. The van der Waals surface area contributed by atoms with E-state index < -0.39 is 0 Å². The molecule has 1 saturated heterocycles. The number of ether oxygens (including phenoxy) is 2. The van der Waals surface area contributed by atoms with Gasteiger partial charge in [0, 0.05) is 38.3 Å². The van der Waals surface area contributed by atoms with Gasteiger partial charge in [0.25, 0.3) is 0 Å². The third-order valence-corrected chi connectivity index (χ3v) is 4.19. The number of nitrogens with zero attached hydrogens (tertiary/aromatic N) is 1. The first-order valence-electron chi connectivity index (χ1n) is 7.79. The summed E-state index contributed by atoms with van der Waals surface area (Å²) in [6.07, 6.45) is 3.17. The molecule has 0 amide bonds. The van der Waals surface area contributed by atoms with E-state index in [1.807, 2.05) is 12.1 Å². The Morgan fingerprint density at radius 1 is 1.29 bits per heavy atom. The molecule has 1 fully saturated rings. The van der Waals surface area contributed by atoms with Crippen LogP contribution in [0, 0.1) is 0 Å². The summed E-state index contributed by atoms with van der Waals surface area (Å²) < 4.78 is 11.2. The van der Waals surface area contributed by atoms with E-state index in [9.17, 15) is 0 Å². The minimum Gasteiger partial charge on any atom is -0.493 e. The first-order chi connectivity index (χ1) is 10.00. The molecule has 0 radical (unpaired) electrons. The molecule has 1 atom stereocenters. The maximum Gasteiger partial charge on any atom is 0.119 e. The standard InChI is InChI=1S/C17H28N2O2/c1-17(2,20-3)10-12-21-16-8-6-15(7-9-16)19-11-4-5-14(18)13-19/h6-9,14H,4-5,10-13,18H2,1-3H3. The zero-order valence-electron chi connectivity index (χ0n) is 13.5. The van der Waals surface area contributed by atoms with Crippen LogP contribution in [0.15, 0.2) is 24.3 Å². The Bertz CT molecular complexity index is 431. The SMILES string of the molecule is COC(C)(C)CCOc1ccc(N2CCCC(N)C2)cc1. The molecule has 2 rings (SSSR count). The summed E-state index contributed by atoms with van der Waals surface area (Å²) in [7, 11) is 1.73. The van der Waals surface area contributed by atoms with E-state index in [2.05, 4.69) is 30.9 Å². The number of hydrogen-bond acceptors (Lipinski definition) is 4. The van der Waals surface area contributed by atoms with Crippen LogP contribution in [0.5, 0.6) is 5.75 Å². The van der Waals surface area contributed by atoms with E-state index in [-0.39, 0.29) is 5.60 Å². The summed E-state index contributed by atoms with van der Waals surface area (Å²) in [6.45, 7) is 6.84. The molecule has 4 heteroatoms. The van der Waals surface area contributed by atoms with Crippen molar-refractivity contribution in [3.8, 4) is 5.75 Å². The molecule has 0 saturated carbocycles. The monoisotopic (exact) mass is 292 g/mol. The van der Waals surface area contributed by atoms with Crippen LogP contribution in [0.3, 0.4) is 0 Å². The quantitative estimate of drug-likeness (QED) is 0.876. The highest BCUT2D eigenvalue weighted by molar-refractivity contribution is 5.49. The number of methoxy groups -OCH3 is 1. The zero-order valence-corrected chi connectivity index (χ0v) is 13.5. The fourth-order valence-electron chi connectivity index (χ4n) is 2.51. The molecule has 1 aromatic carbocycles. The van der Waals surface area contributed by atoms with E-state index in [1.54, 1.807) is 7.11 Å². The van der Waals surface area contributed by atoms with Crippen LogP contribution in [0.1, 0.15) is 33.1 Å². The minimum atomic E-state index is -0.135. The smallest absolute Gasteiger partial charge is 0.119 e. The molecule has 4 nitrogen and oxygen atoms in total. The van der Waals surface area contributed by atoms with Crippen LogP contribution < -0.4 is 15.4 Å².